The third-order valence-corrected chi connectivity index (χ3v) is 3.90. The minimum absolute atomic E-state index is 0.0744. The fourth-order valence-electron chi connectivity index (χ4n) is 2.70. The van der Waals surface area contributed by atoms with Crippen molar-refractivity contribution in [2.45, 2.75) is 18.4 Å². The average molecular weight is 282 g/mol. The number of likely N-dealkylation sites (tertiary alicyclic amines) is 1. The molecule has 0 bridgehead atoms. The number of rotatable bonds is 4. The molecule has 1 saturated carbocycles. The van der Waals surface area contributed by atoms with Gasteiger partial charge in [-0.2, -0.15) is 0 Å². The molecule has 1 saturated heterocycles. The Labute approximate surface area is 115 Å². The average Bonchev–Trinajstić information content (AvgIpc) is 3.16. The predicted octanol–water partition coefficient (Wildman–Crippen LogP) is 1.36. The second-order valence-electron chi connectivity index (χ2n) is 5.70. The SMILES string of the molecule is O=C(CN1CC(O)(C2CC2)C1)Nc1cc(F)ccc1F. The maximum atomic E-state index is 13.4. The van der Waals surface area contributed by atoms with Crippen LogP contribution in [0.2, 0.25) is 0 Å². The first-order valence-corrected chi connectivity index (χ1v) is 6.66. The Morgan fingerprint density at radius 2 is 2.10 bits per heavy atom. The lowest BCUT2D eigenvalue weighted by atomic mass is 9.89. The first kappa shape index (κ1) is 13.5. The van der Waals surface area contributed by atoms with Gasteiger partial charge < -0.3 is 10.4 Å². The van der Waals surface area contributed by atoms with Gasteiger partial charge in [-0.05, 0) is 30.9 Å². The highest BCUT2D eigenvalue weighted by atomic mass is 19.1. The third-order valence-electron chi connectivity index (χ3n) is 3.90. The van der Waals surface area contributed by atoms with E-state index < -0.39 is 23.1 Å². The molecule has 1 aliphatic heterocycles. The number of β-amino-alcohol motifs (C(OH)–C–C–N with tert-alkyl or cyclic N) is 1. The summed E-state index contributed by atoms with van der Waals surface area (Å²) >= 11 is 0. The van der Waals surface area contributed by atoms with Crippen molar-refractivity contribution in [1.29, 1.82) is 0 Å². The lowest BCUT2D eigenvalue weighted by molar-refractivity contribution is -0.132. The maximum absolute atomic E-state index is 13.4. The zero-order valence-electron chi connectivity index (χ0n) is 10.9. The number of aliphatic hydroxyl groups is 1. The highest BCUT2D eigenvalue weighted by molar-refractivity contribution is 5.92. The van der Waals surface area contributed by atoms with Gasteiger partial charge in [0.2, 0.25) is 5.91 Å². The van der Waals surface area contributed by atoms with Crippen LogP contribution in [-0.4, -0.2) is 41.1 Å². The number of hydrogen-bond donors (Lipinski definition) is 2. The molecular formula is C14H16F2N2O2. The summed E-state index contributed by atoms with van der Waals surface area (Å²) in [7, 11) is 0. The molecule has 1 aromatic carbocycles. The van der Waals surface area contributed by atoms with E-state index in [1.807, 2.05) is 0 Å². The van der Waals surface area contributed by atoms with E-state index in [1.54, 1.807) is 4.90 Å². The topological polar surface area (TPSA) is 52.6 Å². The lowest BCUT2D eigenvalue weighted by Crippen LogP contribution is -2.64. The quantitative estimate of drug-likeness (QED) is 0.876. The molecule has 1 heterocycles. The number of nitrogens with zero attached hydrogens (tertiary/aromatic N) is 1. The van der Waals surface area contributed by atoms with Crippen LogP contribution in [0.1, 0.15) is 12.8 Å². The van der Waals surface area contributed by atoms with Gasteiger partial charge in [0.25, 0.3) is 0 Å². The molecular weight excluding hydrogens is 266 g/mol. The molecule has 2 fully saturated rings. The smallest absolute Gasteiger partial charge is 0.238 e. The predicted molar refractivity (Wildman–Crippen MR) is 69.1 cm³/mol. The van der Waals surface area contributed by atoms with E-state index in [0.717, 1.165) is 31.0 Å². The number of hydrogen-bond acceptors (Lipinski definition) is 3. The zero-order valence-corrected chi connectivity index (χ0v) is 10.9. The maximum Gasteiger partial charge on any atom is 0.238 e. The summed E-state index contributed by atoms with van der Waals surface area (Å²) in [4.78, 5) is 13.5. The van der Waals surface area contributed by atoms with E-state index >= 15 is 0 Å². The van der Waals surface area contributed by atoms with Crippen molar-refractivity contribution < 1.29 is 18.7 Å². The molecule has 6 heteroatoms. The molecule has 1 amide bonds. The first-order valence-electron chi connectivity index (χ1n) is 6.66. The summed E-state index contributed by atoms with van der Waals surface area (Å²) in [6.45, 7) is 1.01. The molecule has 1 aliphatic carbocycles. The summed E-state index contributed by atoms with van der Waals surface area (Å²) in [5, 5.41) is 12.5. The highest BCUT2D eigenvalue weighted by Gasteiger charge is 2.51. The van der Waals surface area contributed by atoms with E-state index in [1.165, 1.54) is 0 Å². The van der Waals surface area contributed by atoms with Crippen LogP contribution in [0, 0.1) is 17.6 Å². The molecule has 2 aliphatic rings. The number of anilines is 1. The Balaban J connectivity index is 1.52. The number of carbonyl (C=O) groups is 1. The fourth-order valence-corrected chi connectivity index (χ4v) is 2.70. The van der Waals surface area contributed by atoms with Gasteiger partial charge in [0.15, 0.2) is 0 Å². The van der Waals surface area contributed by atoms with Crippen molar-refractivity contribution in [3.8, 4) is 0 Å². The van der Waals surface area contributed by atoms with Gasteiger partial charge >= 0.3 is 0 Å². The van der Waals surface area contributed by atoms with Gasteiger partial charge in [0.05, 0.1) is 17.8 Å². The summed E-state index contributed by atoms with van der Waals surface area (Å²) in [5.41, 5.74) is -0.808. The van der Waals surface area contributed by atoms with E-state index in [4.69, 9.17) is 0 Å². The van der Waals surface area contributed by atoms with Crippen LogP contribution in [0.3, 0.4) is 0 Å². The molecule has 4 nitrogen and oxygen atoms in total. The Morgan fingerprint density at radius 3 is 2.75 bits per heavy atom. The number of halogens is 2. The normalized spacial score (nSPS) is 21.4. The minimum Gasteiger partial charge on any atom is -0.387 e. The Morgan fingerprint density at radius 1 is 1.40 bits per heavy atom. The van der Waals surface area contributed by atoms with Gasteiger partial charge in [-0.25, -0.2) is 8.78 Å². The molecule has 0 aromatic heterocycles. The molecule has 108 valence electrons. The van der Waals surface area contributed by atoms with E-state index in [9.17, 15) is 18.7 Å². The molecule has 0 spiro atoms. The van der Waals surface area contributed by atoms with Crippen molar-refractivity contribution in [3.05, 3.63) is 29.8 Å². The minimum atomic E-state index is -0.669. The van der Waals surface area contributed by atoms with Gasteiger partial charge in [-0.1, -0.05) is 0 Å². The van der Waals surface area contributed by atoms with Crippen molar-refractivity contribution in [1.82, 2.24) is 4.90 Å². The lowest BCUT2D eigenvalue weighted by Gasteiger charge is -2.46. The number of carbonyl (C=O) groups excluding carboxylic acids is 1. The van der Waals surface area contributed by atoms with Crippen LogP contribution in [0.4, 0.5) is 14.5 Å². The molecule has 1 aromatic rings. The van der Waals surface area contributed by atoms with Crippen LogP contribution in [0.5, 0.6) is 0 Å². The summed E-state index contributed by atoms with van der Waals surface area (Å²) in [6.07, 6.45) is 2.09. The Hall–Kier alpha value is -1.53. The number of nitrogens with one attached hydrogen (secondary N) is 1. The Bertz CT molecular complexity index is 540. The molecule has 0 unspecified atom stereocenters. The van der Waals surface area contributed by atoms with Gasteiger partial charge in [-0.3, -0.25) is 9.69 Å². The fraction of sp³-hybridized carbons (Fsp3) is 0.500. The Kier molecular flexibility index (Phi) is 3.22. The van der Waals surface area contributed by atoms with Crippen molar-refractivity contribution in [2.75, 3.05) is 25.0 Å². The molecule has 20 heavy (non-hydrogen) atoms. The summed E-state index contributed by atoms with van der Waals surface area (Å²) in [5.74, 6) is -1.32. The number of amides is 1. The molecule has 0 radical (unpaired) electrons. The second-order valence-corrected chi connectivity index (χ2v) is 5.70. The monoisotopic (exact) mass is 282 g/mol. The molecule has 2 N–H and O–H groups in total. The van der Waals surface area contributed by atoms with Gasteiger partial charge in [0, 0.05) is 19.2 Å². The van der Waals surface area contributed by atoms with Crippen LogP contribution >= 0.6 is 0 Å². The van der Waals surface area contributed by atoms with E-state index in [-0.39, 0.29) is 12.2 Å². The van der Waals surface area contributed by atoms with Crippen LogP contribution in [0.15, 0.2) is 18.2 Å². The summed E-state index contributed by atoms with van der Waals surface area (Å²) in [6, 6.07) is 2.92. The molecule has 3 rings (SSSR count). The summed E-state index contributed by atoms with van der Waals surface area (Å²) < 4.78 is 26.3. The van der Waals surface area contributed by atoms with Crippen molar-refractivity contribution in [3.63, 3.8) is 0 Å². The zero-order chi connectivity index (χ0) is 14.3. The van der Waals surface area contributed by atoms with E-state index in [2.05, 4.69) is 5.32 Å². The first-order chi connectivity index (χ1) is 9.46. The highest BCUT2D eigenvalue weighted by Crippen LogP contribution is 2.44. The largest absolute Gasteiger partial charge is 0.387 e. The second kappa shape index (κ2) is 4.79. The van der Waals surface area contributed by atoms with Crippen LogP contribution in [-0.2, 0) is 4.79 Å². The van der Waals surface area contributed by atoms with Gasteiger partial charge in [0.1, 0.15) is 11.6 Å². The number of benzene rings is 1. The van der Waals surface area contributed by atoms with Crippen LogP contribution in [0.25, 0.3) is 0 Å². The van der Waals surface area contributed by atoms with Crippen molar-refractivity contribution >= 4 is 11.6 Å². The third kappa shape index (κ3) is 2.66. The standard InChI is InChI=1S/C14H16F2N2O2/c15-10-3-4-11(16)12(5-10)17-13(19)6-18-7-14(20,8-18)9-1-2-9/h3-5,9,20H,1-2,6-8H2,(H,17,19). The van der Waals surface area contributed by atoms with Crippen molar-refractivity contribution in [2.24, 2.45) is 5.92 Å². The van der Waals surface area contributed by atoms with E-state index in [0.29, 0.717) is 19.0 Å². The van der Waals surface area contributed by atoms with Crippen LogP contribution < -0.4 is 5.32 Å². The molecule has 0 atom stereocenters. The van der Waals surface area contributed by atoms with Gasteiger partial charge in [-0.15, -0.1) is 0 Å².